The number of hydrogen-bond donors (Lipinski definition) is 1. The molecule has 1 heterocycles. The Balaban J connectivity index is 1.89. The van der Waals surface area contributed by atoms with E-state index in [4.69, 9.17) is 9.47 Å². The van der Waals surface area contributed by atoms with E-state index in [0.717, 1.165) is 18.4 Å². The Hall–Kier alpha value is -1.44. The maximum atomic E-state index is 11.7. The molecule has 0 unspecified atom stereocenters. The average Bonchev–Trinajstić information content (AvgIpc) is 2.87. The second-order valence-corrected chi connectivity index (χ2v) is 7.85. The predicted molar refractivity (Wildman–Crippen MR) is 88.9 cm³/mol. The Morgan fingerprint density at radius 2 is 2.04 bits per heavy atom. The molecule has 0 amide bonds. The van der Waals surface area contributed by atoms with E-state index in [1.165, 1.54) is 0 Å². The molecule has 1 aromatic carbocycles. The summed E-state index contributed by atoms with van der Waals surface area (Å²) in [5, 5.41) is -1.10. The number of carbonyl (C=O) groups excluding carboxylic acids is 1. The highest BCUT2D eigenvalue weighted by Crippen LogP contribution is 2.29. The highest BCUT2D eigenvalue weighted by atomic mass is 32.2. The van der Waals surface area contributed by atoms with Gasteiger partial charge in [-0.15, -0.1) is 0 Å². The lowest BCUT2D eigenvalue weighted by Gasteiger charge is -2.17. The summed E-state index contributed by atoms with van der Waals surface area (Å²) < 4.78 is 43.3. The topological polar surface area (TPSA) is 89.9 Å². The molecule has 1 fully saturated rings. The normalized spacial score (nSPS) is 22.3. The van der Waals surface area contributed by atoms with E-state index in [2.05, 4.69) is 0 Å². The fourth-order valence-electron chi connectivity index (χ4n) is 2.90. The van der Waals surface area contributed by atoms with Crippen LogP contribution in [0, 0.1) is 5.92 Å². The molecule has 0 saturated carbocycles. The van der Waals surface area contributed by atoms with E-state index in [9.17, 15) is 17.8 Å². The van der Waals surface area contributed by atoms with E-state index >= 15 is 0 Å². The first-order valence-electron chi connectivity index (χ1n) is 8.18. The summed E-state index contributed by atoms with van der Waals surface area (Å²) in [4.78, 5) is 11.7. The maximum Gasteiger partial charge on any atom is 0.309 e. The molecule has 24 heavy (non-hydrogen) atoms. The van der Waals surface area contributed by atoms with E-state index in [-0.39, 0.29) is 31.5 Å². The second kappa shape index (κ2) is 8.60. The lowest BCUT2D eigenvalue weighted by atomic mass is 9.98. The van der Waals surface area contributed by atoms with Crippen LogP contribution in [0.3, 0.4) is 0 Å². The zero-order valence-corrected chi connectivity index (χ0v) is 14.6. The first-order chi connectivity index (χ1) is 11.4. The molecule has 1 aliphatic heterocycles. The van der Waals surface area contributed by atoms with Crippen molar-refractivity contribution in [3.05, 3.63) is 35.9 Å². The minimum atomic E-state index is -4.27. The van der Waals surface area contributed by atoms with Gasteiger partial charge < -0.3 is 9.47 Å². The van der Waals surface area contributed by atoms with E-state index in [1.807, 2.05) is 37.3 Å². The van der Waals surface area contributed by atoms with Crippen LogP contribution >= 0.6 is 0 Å². The molecule has 0 spiro atoms. The average molecular weight is 356 g/mol. The number of benzene rings is 1. The molecule has 0 radical (unpaired) electrons. The van der Waals surface area contributed by atoms with Crippen LogP contribution in [0.2, 0.25) is 0 Å². The molecule has 6 nitrogen and oxygen atoms in total. The summed E-state index contributed by atoms with van der Waals surface area (Å²) in [6, 6.07) is 9.36. The Morgan fingerprint density at radius 3 is 2.67 bits per heavy atom. The molecule has 3 atom stereocenters. The van der Waals surface area contributed by atoms with Gasteiger partial charge in [0.25, 0.3) is 10.1 Å². The molecule has 1 aromatic rings. The lowest BCUT2D eigenvalue weighted by Crippen LogP contribution is -2.30. The predicted octanol–water partition coefficient (Wildman–Crippen LogP) is 2.58. The highest BCUT2D eigenvalue weighted by molar-refractivity contribution is 7.86. The summed E-state index contributed by atoms with van der Waals surface area (Å²) in [6.45, 7) is 2.11. The summed E-state index contributed by atoms with van der Waals surface area (Å²) in [5.74, 6) is -0.451. The number of cyclic esters (lactones) is 1. The van der Waals surface area contributed by atoms with Gasteiger partial charge in [0, 0.05) is 6.42 Å². The summed E-state index contributed by atoms with van der Waals surface area (Å²) in [7, 11) is -4.27. The van der Waals surface area contributed by atoms with Crippen LogP contribution in [-0.2, 0) is 31.0 Å². The SMILES string of the molecule is CCC[C@@H]1C[C@@H](C[C@H](COCc2ccccc2)S(=O)(=O)O)OC1=O. The fourth-order valence-corrected chi connectivity index (χ4v) is 3.63. The second-order valence-electron chi connectivity index (χ2n) is 6.15. The van der Waals surface area contributed by atoms with E-state index in [0.29, 0.717) is 6.42 Å². The van der Waals surface area contributed by atoms with Crippen molar-refractivity contribution in [3.63, 3.8) is 0 Å². The van der Waals surface area contributed by atoms with Gasteiger partial charge in [-0.1, -0.05) is 43.7 Å². The first kappa shape index (κ1) is 18.9. The van der Waals surface area contributed by atoms with Crippen molar-refractivity contribution in [2.45, 2.75) is 50.6 Å². The van der Waals surface area contributed by atoms with Crippen molar-refractivity contribution in [2.75, 3.05) is 6.61 Å². The summed E-state index contributed by atoms with van der Waals surface area (Å²) >= 11 is 0. The number of esters is 1. The van der Waals surface area contributed by atoms with Crippen molar-refractivity contribution in [1.29, 1.82) is 0 Å². The van der Waals surface area contributed by atoms with Gasteiger partial charge in [0.15, 0.2) is 0 Å². The molecule has 0 aromatic heterocycles. The zero-order valence-electron chi connectivity index (χ0n) is 13.8. The molecule has 134 valence electrons. The van der Waals surface area contributed by atoms with Gasteiger partial charge in [-0.25, -0.2) is 0 Å². The standard InChI is InChI=1S/C17H24O6S/c1-2-6-14-9-15(23-17(14)18)10-16(24(19,20)21)12-22-11-13-7-4-3-5-8-13/h3-5,7-8,14-16H,2,6,9-12H2,1H3,(H,19,20,21)/t14-,15+,16-/m1/s1. The number of carbonyl (C=O) groups is 1. The smallest absolute Gasteiger partial charge is 0.309 e. The minimum absolute atomic E-state index is 0.0551. The molecule has 1 aliphatic rings. The largest absolute Gasteiger partial charge is 0.462 e. The van der Waals surface area contributed by atoms with Crippen LogP contribution in [0.15, 0.2) is 30.3 Å². The molecular weight excluding hydrogens is 332 g/mol. The molecule has 0 bridgehead atoms. The Bertz CT molecular complexity index is 628. The van der Waals surface area contributed by atoms with Crippen LogP contribution in [0.25, 0.3) is 0 Å². The Morgan fingerprint density at radius 1 is 1.33 bits per heavy atom. The third-order valence-corrected chi connectivity index (χ3v) is 5.33. The lowest BCUT2D eigenvalue weighted by molar-refractivity contribution is -0.144. The fraction of sp³-hybridized carbons (Fsp3) is 0.588. The monoisotopic (exact) mass is 356 g/mol. The highest BCUT2D eigenvalue weighted by Gasteiger charge is 2.37. The zero-order chi connectivity index (χ0) is 17.6. The Labute approximate surface area is 142 Å². The number of hydrogen-bond acceptors (Lipinski definition) is 5. The van der Waals surface area contributed by atoms with Crippen LogP contribution in [0.5, 0.6) is 0 Å². The molecule has 1 saturated heterocycles. The quantitative estimate of drug-likeness (QED) is 0.540. The minimum Gasteiger partial charge on any atom is -0.462 e. The van der Waals surface area contributed by atoms with Crippen LogP contribution in [-0.4, -0.2) is 36.9 Å². The van der Waals surface area contributed by atoms with Gasteiger partial charge >= 0.3 is 5.97 Å². The molecule has 2 rings (SSSR count). The van der Waals surface area contributed by atoms with Crippen molar-refractivity contribution >= 4 is 16.1 Å². The maximum absolute atomic E-state index is 11.7. The first-order valence-corrected chi connectivity index (χ1v) is 9.69. The van der Waals surface area contributed by atoms with Gasteiger partial charge in [0.05, 0.1) is 19.1 Å². The van der Waals surface area contributed by atoms with Crippen LogP contribution in [0.1, 0.15) is 38.2 Å². The third kappa shape index (κ3) is 5.58. The van der Waals surface area contributed by atoms with Crippen LogP contribution < -0.4 is 0 Å². The molecule has 0 aliphatic carbocycles. The number of rotatable bonds is 9. The molecule has 1 N–H and O–H groups in total. The van der Waals surface area contributed by atoms with E-state index < -0.39 is 21.5 Å². The third-order valence-electron chi connectivity index (χ3n) is 4.16. The molecule has 7 heteroatoms. The summed E-state index contributed by atoms with van der Waals surface area (Å²) in [5.41, 5.74) is 0.918. The van der Waals surface area contributed by atoms with Crippen molar-refractivity contribution in [1.82, 2.24) is 0 Å². The van der Waals surface area contributed by atoms with Crippen LogP contribution in [0.4, 0.5) is 0 Å². The Kier molecular flexibility index (Phi) is 6.77. The van der Waals surface area contributed by atoms with Crippen molar-refractivity contribution < 1.29 is 27.2 Å². The van der Waals surface area contributed by atoms with Crippen molar-refractivity contribution in [3.8, 4) is 0 Å². The molecular formula is C17H24O6S. The summed E-state index contributed by atoms with van der Waals surface area (Å²) in [6.07, 6.45) is 1.67. The number of ether oxygens (including phenoxy) is 2. The van der Waals surface area contributed by atoms with Gasteiger partial charge in [0.1, 0.15) is 11.4 Å². The van der Waals surface area contributed by atoms with Gasteiger partial charge in [-0.2, -0.15) is 8.42 Å². The van der Waals surface area contributed by atoms with Gasteiger partial charge in [0.2, 0.25) is 0 Å². The van der Waals surface area contributed by atoms with Gasteiger partial charge in [-0.3, -0.25) is 9.35 Å². The van der Waals surface area contributed by atoms with Gasteiger partial charge in [-0.05, 0) is 18.4 Å². The van der Waals surface area contributed by atoms with Crippen molar-refractivity contribution in [2.24, 2.45) is 5.92 Å². The van der Waals surface area contributed by atoms with E-state index in [1.54, 1.807) is 0 Å².